The van der Waals surface area contributed by atoms with Gasteiger partial charge >= 0.3 is 6.18 Å². The smallest absolute Gasteiger partial charge is 0.338 e. The molecule has 0 aliphatic carbocycles. The molecule has 0 aromatic carbocycles. The average molecular weight is 454 g/mol. The van der Waals surface area contributed by atoms with Gasteiger partial charge < -0.3 is 9.80 Å². The van der Waals surface area contributed by atoms with Crippen molar-refractivity contribution in [3.63, 3.8) is 0 Å². The largest absolute Gasteiger partial charge is 0.417 e. The highest BCUT2D eigenvalue weighted by Gasteiger charge is 2.36. The zero-order chi connectivity index (χ0) is 21.9. The fourth-order valence-corrected chi connectivity index (χ4v) is 4.66. The van der Waals surface area contributed by atoms with Gasteiger partial charge in [-0.3, -0.25) is 9.59 Å². The van der Waals surface area contributed by atoms with Crippen molar-refractivity contribution >= 4 is 34.9 Å². The van der Waals surface area contributed by atoms with Crippen molar-refractivity contribution < 1.29 is 22.8 Å². The molecular weight excluding hydrogens is 437 g/mol. The minimum atomic E-state index is -4.68. The van der Waals surface area contributed by atoms with Crippen LogP contribution in [-0.2, 0) is 11.0 Å². The second kappa shape index (κ2) is 9.06. The number of nitrogens with zero attached hydrogens (tertiary/aromatic N) is 4. The van der Waals surface area contributed by atoms with E-state index in [2.05, 4.69) is 4.98 Å². The second-order valence-electron chi connectivity index (χ2n) is 6.54. The number of amides is 2. The summed E-state index contributed by atoms with van der Waals surface area (Å²) in [5, 5.41) is 10.9. The zero-order valence-electron chi connectivity index (χ0n) is 15.9. The number of pyridine rings is 1. The number of aromatic nitrogens is 1. The van der Waals surface area contributed by atoms with E-state index in [1.165, 1.54) is 18.3 Å². The van der Waals surface area contributed by atoms with Crippen LogP contribution in [-0.4, -0.2) is 58.5 Å². The van der Waals surface area contributed by atoms with E-state index in [0.29, 0.717) is 31.1 Å². The third kappa shape index (κ3) is 4.94. The van der Waals surface area contributed by atoms with Gasteiger partial charge in [0.1, 0.15) is 11.1 Å². The maximum Gasteiger partial charge on any atom is 0.417 e. The van der Waals surface area contributed by atoms with E-state index in [4.69, 9.17) is 0 Å². The first-order valence-electron chi connectivity index (χ1n) is 8.93. The van der Waals surface area contributed by atoms with E-state index in [9.17, 15) is 28.0 Å². The zero-order valence-corrected chi connectivity index (χ0v) is 17.5. The number of nitriles is 1. The molecule has 0 atom stereocenters. The molecule has 158 valence electrons. The lowest BCUT2D eigenvalue weighted by Gasteiger charge is -2.34. The van der Waals surface area contributed by atoms with Crippen LogP contribution in [0.3, 0.4) is 0 Å². The lowest BCUT2D eigenvalue weighted by atomic mass is 10.1. The number of hydrogen-bond donors (Lipinski definition) is 0. The summed E-state index contributed by atoms with van der Waals surface area (Å²) in [7, 11) is 0. The van der Waals surface area contributed by atoms with Gasteiger partial charge in [-0.05, 0) is 24.4 Å². The standard InChI is InChI=1S/C19H17F3N4O2S2/c1-12-9-14(19(20,21)22)13(10-23)17(24-12)30-11-16(27)25-4-6-26(7-5-25)18(28)15-3-2-8-29-15/h2-3,8-9H,4-7,11H2,1H3. The SMILES string of the molecule is Cc1cc(C(F)(F)F)c(C#N)c(SCC(=O)N2CCN(C(=O)c3cccs3)CC2)n1. The summed E-state index contributed by atoms with van der Waals surface area (Å²) >= 11 is 2.18. The van der Waals surface area contributed by atoms with Crippen molar-refractivity contribution in [3.8, 4) is 6.07 Å². The quantitative estimate of drug-likeness (QED) is 0.662. The van der Waals surface area contributed by atoms with Crippen LogP contribution in [0.25, 0.3) is 0 Å². The second-order valence-corrected chi connectivity index (χ2v) is 8.45. The molecule has 2 amide bonds. The monoisotopic (exact) mass is 454 g/mol. The number of carbonyl (C=O) groups is 2. The molecule has 0 N–H and O–H groups in total. The summed E-state index contributed by atoms with van der Waals surface area (Å²) in [5.74, 6) is -0.487. The molecule has 3 heterocycles. The van der Waals surface area contributed by atoms with Gasteiger partial charge in [-0.1, -0.05) is 17.8 Å². The van der Waals surface area contributed by atoms with Crippen LogP contribution in [0.5, 0.6) is 0 Å². The van der Waals surface area contributed by atoms with Crippen LogP contribution < -0.4 is 0 Å². The predicted octanol–water partition coefficient (Wildman–Crippen LogP) is 3.42. The highest BCUT2D eigenvalue weighted by molar-refractivity contribution is 8.00. The molecule has 11 heteroatoms. The van der Waals surface area contributed by atoms with E-state index in [0.717, 1.165) is 17.8 Å². The third-order valence-corrected chi connectivity index (χ3v) is 6.33. The lowest BCUT2D eigenvalue weighted by Crippen LogP contribution is -2.51. The van der Waals surface area contributed by atoms with E-state index in [-0.39, 0.29) is 28.3 Å². The molecule has 0 saturated carbocycles. The molecule has 3 rings (SSSR count). The normalized spacial score (nSPS) is 14.5. The number of hydrogen-bond acceptors (Lipinski definition) is 6. The maximum absolute atomic E-state index is 13.2. The Labute approximate surface area is 179 Å². The number of thiophene rings is 1. The third-order valence-electron chi connectivity index (χ3n) is 4.52. The Balaban J connectivity index is 1.61. The number of thioether (sulfide) groups is 1. The van der Waals surface area contributed by atoms with Crippen molar-refractivity contribution in [3.05, 3.63) is 45.3 Å². The number of rotatable bonds is 4. The van der Waals surface area contributed by atoms with Crippen LogP contribution in [0, 0.1) is 18.3 Å². The number of carbonyl (C=O) groups excluding carboxylic acids is 2. The van der Waals surface area contributed by atoms with Gasteiger partial charge in [0.2, 0.25) is 5.91 Å². The Hall–Kier alpha value is -2.58. The number of aryl methyl sites for hydroxylation is 1. The Morgan fingerprint density at radius 2 is 1.93 bits per heavy atom. The summed E-state index contributed by atoms with van der Waals surface area (Å²) in [5.41, 5.74) is -1.50. The minimum absolute atomic E-state index is 0.0752. The van der Waals surface area contributed by atoms with Crippen LogP contribution in [0.1, 0.15) is 26.5 Å². The van der Waals surface area contributed by atoms with E-state index >= 15 is 0 Å². The number of piperazine rings is 1. The molecule has 0 bridgehead atoms. The first-order valence-corrected chi connectivity index (χ1v) is 10.8. The van der Waals surface area contributed by atoms with E-state index < -0.39 is 17.3 Å². The first kappa shape index (κ1) is 22.1. The molecule has 0 spiro atoms. The Bertz CT molecular complexity index is 979. The molecule has 1 aliphatic rings. The molecule has 6 nitrogen and oxygen atoms in total. The molecule has 30 heavy (non-hydrogen) atoms. The highest BCUT2D eigenvalue weighted by Crippen LogP contribution is 2.35. The Morgan fingerprint density at radius 3 is 2.50 bits per heavy atom. The lowest BCUT2D eigenvalue weighted by molar-refractivity contribution is -0.138. The van der Waals surface area contributed by atoms with Crippen LogP contribution in [0.4, 0.5) is 13.2 Å². The van der Waals surface area contributed by atoms with Crippen LogP contribution in [0.15, 0.2) is 28.6 Å². The molecule has 0 radical (unpaired) electrons. The Kier molecular flexibility index (Phi) is 6.67. The van der Waals surface area contributed by atoms with Crippen molar-refractivity contribution in [1.82, 2.24) is 14.8 Å². The maximum atomic E-state index is 13.2. The van der Waals surface area contributed by atoms with Gasteiger partial charge in [0.15, 0.2) is 0 Å². The summed E-state index contributed by atoms with van der Waals surface area (Å²) in [6.45, 7) is 2.87. The van der Waals surface area contributed by atoms with Crippen molar-refractivity contribution in [2.45, 2.75) is 18.1 Å². The van der Waals surface area contributed by atoms with Gasteiger partial charge in [0, 0.05) is 31.9 Å². The van der Waals surface area contributed by atoms with Crippen molar-refractivity contribution in [2.75, 3.05) is 31.9 Å². The van der Waals surface area contributed by atoms with Gasteiger partial charge in [-0.2, -0.15) is 18.4 Å². The minimum Gasteiger partial charge on any atom is -0.338 e. The van der Waals surface area contributed by atoms with Gasteiger partial charge in [0.25, 0.3) is 5.91 Å². The summed E-state index contributed by atoms with van der Waals surface area (Å²) in [4.78, 5) is 32.8. The molecule has 1 fully saturated rings. The summed E-state index contributed by atoms with van der Waals surface area (Å²) in [6, 6.07) is 5.94. The van der Waals surface area contributed by atoms with Gasteiger partial charge in [-0.25, -0.2) is 4.98 Å². The van der Waals surface area contributed by atoms with Gasteiger partial charge in [0.05, 0.1) is 21.8 Å². The summed E-state index contributed by atoms with van der Waals surface area (Å²) < 4.78 is 39.6. The summed E-state index contributed by atoms with van der Waals surface area (Å²) in [6.07, 6.45) is -4.68. The Morgan fingerprint density at radius 1 is 1.27 bits per heavy atom. The van der Waals surface area contributed by atoms with Crippen LogP contribution in [0.2, 0.25) is 0 Å². The van der Waals surface area contributed by atoms with Crippen molar-refractivity contribution in [1.29, 1.82) is 5.26 Å². The topological polar surface area (TPSA) is 77.3 Å². The number of halogens is 3. The molecule has 1 saturated heterocycles. The molecule has 2 aromatic heterocycles. The van der Waals surface area contributed by atoms with Crippen molar-refractivity contribution in [2.24, 2.45) is 0 Å². The predicted molar refractivity (Wildman–Crippen MR) is 106 cm³/mol. The fraction of sp³-hybridized carbons (Fsp3) is 0.368. The van der Waals surface area contributed by atoms with E-state index in [1.54, 1.807) is 28.0 Å². The highest BCUT2D eigenvalue weighted by atomic mass is 32.2. The molecule has 1 aliphatic heterocycles. The fourth-order valence-electron chi connectivity index (χ4n) is 3.02. The molecule has 0 unspecified atom stereocenters. The van der Waals surface area contributed by atoms with Gasteiger partial charge in [-0.15, -0.1) is 11.3 Å². The molecular formula is C19H17F3N4O2S2. The van der Waals surface area contributed by atoms with Crippen LogP contribution >= 0.6 is 23.1 Å². The first-order chi connectivity index (χ1) is 14.2. The molecule has 2 aromatic rings. The number of alkyl halides is 3. The average Bonchev–Trinajstić information content (AvgIpc) is 3.25. The van der Waals surface area contributed by atoms with E-state index in [1.807, 2.05) is 5.38 Å².